The number of aromatic carboxylic acids is 1. The third-order valence-corrected chi connectivity index (χ3v) is 5.01. The van der Waals surface area contributed by atoms with Crippen molar-refractivity contribution in [1.82, 2.24) is 0 Å². The molecule has 2 N–H and O–H groups in total. The molecule has 0 unspecified atom stereocenters. The molecule has 0 heterocycles. The summed E-state index contributed by atoms with van der Waals surface area (Å²) in [5.41, 5.74) is -0.313. The largest absolute Gasteiger partial charge is 0.507 e. The van der Waals surface area contributed by atoms with Crippen LogP contribution >= 0.6 is 0 Å². The van der Waals surface area contributed by atoms with Crippen molar-refractivity contribution in [2.24, 2.45) is 0 Å². The summed E-state index contributed by atoms with van der Waals surface area (Å²) >= 11 is 0. The second-order valence-corrected chi connectivity index (χ2v) is 7.17. The second-order valence-electron chi connectivity index (χ2n) is 5.06. The Hall–Kier alpha value is -2.74. The molecule has 8 heteroatoms. The number of sulfone groups is 1. The maximum Gasteiger partial charge on any atom is 0.339 e. The van der Waals surface area contributed by atoms with Gasteiger partial charge in [0.05, 0.1) is 17.3 Å². The van der Waals surface area contributed by atoms with Gasteiger partial charge in [-0.1, -0.05) is 0 Å². The van der Waals surface area contributed by atoms with Crippen LogP contribution in [0.15, 0.2) is 47.4 Å². The predicted octanol–water partition coefficient (Wildman–Crippen LogP) is 2.34. The van der Waals surface area contributed by atoms with Crippen LogP contribution in [-0.2, 0) is 9.84 Å². The molecule has 0 atom stereocenters. The number of hydrogen-bond acceptors (Lipinski definition) is 6. The number of benzene rings is 2. The van der Waals surface area contributed by atoms with E-state index < -0.39 is 15.8 Å². The molecule has 0 spiro atoms. The molecular formula is C17H18O7S. The van der Waals surface area contributed by atoms with Gasteiger partial charge in [-0.2, -0.15) is 0 Å². The summed E-state index contributed by atoms with van der Waals surface area (Å²) in [6.45, 7) is 2.17. The average molecular weight is 366 g/mol. The highest BCUT2D eigenvalue weighted by atomic mass is 32.2. The molecule has 0 saturated heterocycles. The van der Waals surface area contributed by atoms with Crippen LogP contribution in [0.1, 0.15) is 17.3 Å². The molecule has 0 fully saturated rings. The Morgan fingerprint density at radius 3 is 2.28 bits per heavy atom. The van der Waals surface area contributed by atoms with Crippen molar-refractivity contribution in [1.29, 1.82) is 0 Å². The van der Waals surface area contributed by atoms with E-state index in [4.69, 9.17) is 14.6 Å². The van der Waals surface area contributed by atoms with Crippen LogP contribution in [0.3, 0.4) is 0 Å². The number of carbonyl (C=O) groups is 1. The summed E-state index contributed by atoms with van der Waals surface area (Å²) in [7, 11) is -3.54. The van der Waals surface area contributed by atoms with E-state index in [1.165, 1.54) is 24.3 Å². The first-order chi connectivity index (χ1) is 11.8. The normalized spacial score (nSPS) is 11.1. The molecular weight excluding hydrogens is 348 g/mol. The van der Waals surface area contributed by atoms with E-state index in [1.54, 1.807) is 12.1 Å². The van der Waals surface area contributed by atoms with Crippen LogP contribution in [0.5, 0.6) is 17.2 Å². The third-order valence-electron chi connectivity index (χ3n) is 3.31. The van der Waals surface area contributed by atoms with Crippen LogP contribution in [0, 0.1) is 0 Å². The van der Waals surface area contributed by atoms with Crippen molar-refractivity contribution in [2.45, 2.75) is 11.8 Å². The molecule has 25 heavy (non-hydrogen) atoms. The lowest BCUT2D eigenvalue weighted by molar-refractivity contribution is 0.0693. The molecule has 0 aromatic heterocycles. The SMILES string of the molecule is CCOc1ccc(S(=O)(=O)CCOc2ccc(O)c(C(=O)O)c2)cc1. The zero-order valence-corrected chi connectivity index (χ0v) is 14.3. The lowest BCUT2D eigenvalue weighted by Crippen LogP contribution is -2.14. The van der Waals surface area contributed by atoms with Gasteiger partial charge >= 0.3 is 5.97 Å². The van der Waals surface area contributed by atoms with Crippen LogP contribution in [-0.4, -0.2) is 43.6 Å². The van der Waals surface area contributed by atoms with E-state index >= 15 is 0 Å². The fraction of sp³-hybridized carbons (Fsp3) is 0.235. The van der Waals surface area contributed by atoms with E-state index in [9.17, 15) is 18.3 Å². The highest BCUT2D eigenvalue weighted by Crippen LogP contribution is 2.23. The summed E-state index contributed by atoms with van der Waals surface area (Å²) in [5, 5.41) is 18.4. The highest BCUT2D eigenvalue weighted by molar-refractivity contribution is 7.91. The van der Waals surface area contributed by atoms with Gasteiger partial charge in [0.15, 0.2) is 9.84 Å². The van der Waals surface area contributed by atoms with Gasteiger partial charge in [-0.05, 0) is 49.4 Å². The summed E-state index contributed by atoms with van der Waals surface area (Å²) < 4.78 is 35.1. The van der Waals surface area contributed by atoms with Gasteiger partial charge < -0.3 is 19.7 Å². The molecule has 2 aromatic carbocycles. The maximum absolute atomic E-state index is 12.3. The first-order valence-electron chi connectivity index (χ1n) is 7.48. The maximum atomic E-state index is 12.3. The van der Waals surface area contributed by atoms with Crippen molar-refractivity contribution in [3.63, 3.8) is 0 Å². The Bertz CT molecular complexity index is 842. The van der Waals surface area contributed by atoms with E-state index in [-0.39, 0.29) is 34.3 Å². The van der Waals surface area contributed by atoms with Gasteiger partial charge in [-0.3, -0.25) is 0 Å². The van der Waals surface area contributed by atoms with Gasteiger partial charge in [0.2, 0.25) is 0 Å². The number of ether oxygens (including phenoxy) is 2. The molecule has 0 amide bonds. The van der Waals surface area contributed by atoms with Gasteiger partial charge in [0.1, 0.15) is 29.4 Å². The zero-order chi connectivity index (χ0) is 18.4. The molecule has 0 aliphatic rings. The molecule has 2 aromatic rings. The standard InChI is InChI=1S/C17H18O7S/c1-2-23-12-3-6-14(7-4-12)25(21,22)10-9-24-13-5-8-16(18)15(11-13)17(19)20/h3-8,11,18H,2,9-10H2,1H3,(H,19,20). The molecule has 0 aliphatic heterocycles. The number of rotatable bonds is 8. The Morgan fingerprint density at radius 2 is 1.68 bits per heavy atom. The van der Waals surface area contributed by atoms with Gasteiger partial charge in [0, 0.05) is 0 Å². The minimum absolute atomic E-state index is 0.150. The summed E-state index contributed by atoms with van der Waals surface area (Å²) in [6, 6.07) is 9.77. The van der Waals surface area contributed by atoms with Crippen molar-refractivity contribution < 1.29 is 32.9 Å². The monoisotopic (exact) mass is 366 g/mol. The van der Waals surface area contributed by atoms with E-state index in [0.29, 0.717) is 12.4 Å². The van der Waals surface area contributed by atoms with Crippen LogP contribution in [0.2, 0.25) is 0 Å². The van der Waals surface area contributed by atoms with Gasteiger partial charge in [-0.15, -0.1) is 0 Å². The minimum Gasteiger partial charge on any atom is -0.507 e. The predicted molar refractivity (Wildman–Crippen MR) is 90.2 cm³/mol. The number of phenols is 1. The molecule has 0 radical (unpaired) electrons. The Labute approximate surface area is 145 Å². The molecule has 0 saturated carbocycles. The van der Waals surface area contributed by atoms with Crippen LogP contribution < -0.4 is 9.47 Å². The average Bonchev–Trinajstić information content (AvgIpc) is 2.57. The van der Waals surface area contributed by atoms with E-state index in [0.717, 1.165) is 6.07 Å². The quantitative estimate of drug-likeness (QED) is 0.738. The fourth-order valence-corrected chi connectivity index (χ4v) is 3.16. The first kappa shape index (κ1) is 18.6. The van der Waals surface area contributed by atoms with Crippen molar-refractivity contribution in [3.05, 3.63) is 48.0 Å². The lowest BCUT2D eigenvalue weighted by Gasteiger charge is -2.09. The molecule has 0 bridgehead atoms. The number of carboxylic acid groups (broad SMARTS) is 1. The second kappa shape index (κ2) is 7.89. The Kier molecular flexibility index (Phi) is 5.87. The van der Waals surface area contributed by atoms with Crippen LogP contribution in [0.25, 0.3) is 0 Å². The fourth-order valence-electron chi connectivity index (χ4n) is 2.07. The lowest BCUT2D eigenvalue weighted by atomic mass is 10.2. The van der Waals surface area contributed by atoms with Crippen molar-refractivity contribution >= 4 is 15.8 Å². The smallest absolute Gasteiger partial charge is 0.339 e. The molecule has 7 nitrogen and oxygen atoms in total. The van der Waals surface area contributed by atoms with Crippen LogP contribution in [0.4, 0.5) is 0 Å². The minimum atomic E-state index is -3.54. The topological polar surface area (TPSA) is 110 Å². The molecule has 0 aliphatic carbocycles. The van der Waals surface area contributed by atoms with E-state index in [1.807, 2.05) is 6.92 Å². The number of aromatic hydroxyl groups is 1. The first-order valence-corrected chi connectivity index (χ1v) is 9.13. The van der Waals surface area contributed by atoms with E-state index in [2.05, 4.69) is 0 Å². The zero-order valence-electron chi connectivity index (χ0n) is 13.5. The highest BCUT2D eigenvalue weighted by Gasteiger charge is 2.16. The van der Waals surface area contributed by atoms with Crippen molar-refractivity contribution in [3.8, 4) is 17.2 Å². The molecule has 134 valence electrons. The number of hydrogen-bond donors (Lipinski definition) is 2. The van der Waals surface area contributed by atoms with Gasteiger partial charge in [-0.25, -0.2) is 13.2 Å². The summed E-state index contributed by atoms with van der Waals surface area (Å²) in [4.78, 5) is 11.1. The summed E-state index contributed by atoms with van der Waals surface area (Å²) in [5.74, 6) is -1.21. The Morgan fingerprint density at radius 1 is 1.04 bits per heavy atom. The molecule has 2 rings (SSSR count). The summed E-state index contributed by atoms with van der Waals surface area (Å²) in [6.07, 6.45) is 0. The third kappa shape index (κ3) is 4.87. The van der Waals surface area contributed by atoms with Crippen molar-refractivity contribution in [2.75, 3.05) is 19.0 Å². The van der Waals surface area contributed by atoms with Gasteiger partial charge in [0.25, 0.3) is 0 Å². The Balaban J connectivity index is 2.00. The number of carboxylic acids is 1.